The maximum atomic E-state index is 12.8. The molecule has 9 heteroatoms. The summed E-state index contributed by atoms with van der Waals surface area (Å²) in [6, 6.07) is 1.90. The third kappa shape index (κ3) is 3.51. The minimum absolute atomic E-state index is 0.0206. The molecule has 2 aromatic heterocycles. The number of aromatic nitrogens is 4. The molecule has 0 atom stereocenters. The number of hydrogen-bond donors (Lipinski definition) is 0. The first-order valence-corrected chi connectivity index (χ1v) is 9.40. The highest BCUT2D eigenvalue weighted by atomic mass is 16.5. The quantitative estimate of drug-likeness (QED) is 0.760. The Morgan fingerprint density at radius 3 is 2.44 bits per heavy atom. The van der Waals surface area contributed by atoms with Crippen LogP contribution in [0.25, 0.3) is 5.78 Å². The third-order valence-electron chi connectivity index (χ3n) is 5.26. The van der Waals surface area contributed by atoms with Gasteiger partial charge in [-0.15, -0.1) is 5.10 Å². The molecule has 4 heterocycles. The highest BCUT2D eigenvalue weighted by Gasteiger charge is 2.32. The van der Waals surface area contributed by atoms with E-state index in [1.165, 1.54) is 0 Å². The van der Waals surface area contributed by atoms with E-state index in [2.05, 4.69) is 15.1 Å². The van der Waals surface area contributed by atoms with E-state index in [9.17, 15) is 9.59 Å². The van der Waals surface area contributed by atoms with Gasteiger partial charge in [0.05, 0.1) is 13.2 Å². The fourth-order valence-corrected chi connectivity index (χ4v) is 3.77. The molecule has 4 rings (SSSR count). The van der Waals surface area contributed by atoms with Crippen LogP contribution in [0.4, 0.5) is 0 Å². The summed E-state index contributed by atoms with van der Waals surface area (Å²) >= 11 is 0. The minimum Gasteiger partial charge on any atom is -0.378 e. The monoisotopic (exact) mass is 372 g/mol. The molecule has 9 nitrogen and oxygen atoms in total. The number of carbonyl (C=O) groups excluding carboxylic acids is 2. The van der Waals surface area contributed by atoms with Crippen molar-refractivity contribution in [3.8, 4) is 0 Å². The van der Waals surface area contributed by atoms with Crippen molar-refractivity contribution in [1.82, 2.24) is 29.4 Å². The number of aryl methyl sites for hydroxylation is 2. The zero-order valence-corrected chi connectivity index (χ0v) is 15.7. The lowest BCUT2D eigenvalue weighted by atomic mass is 9.95. The summed E-state index contributed by atoms with van der Waals surface area (Å²) < 4.78 is 6.90. The molecular weight excluding hydrogens is 348 g/mol. The van der Waals surface area contributed by atoms with E-state index >= 15 is 0 Å². The molecule has 2 aliphatic rings. The molecule has 0 aliphatic carbocycles. The Morgan fingerprint density at radius 1 is 1.04 bits per heavy atom. The SMILES string of the molecule is Cc1cc(C)n2nc(C(=O)N3CCC(C(=O)N4CCOCC4)CC3)nc2n1. The summed E-state index contributed by atoms with van der Waals surface area (Å²) in [7, 11) is 0. The Morgan fingerprint density at radius 2 is 1.74 bits per heavy atom. The second-order valence-electron chi connectivity index (χ2n) is 7.19. The smallest absolute Gasteiger partial charge is 0.293 e. The lowest BCUT2D eigenvalue weighted by Gasteiger charge is -2.35. The molecule has 27 heavy (non-hydrogen) atoms. The number of morpholine rings is 1. The number of amides is 2. The van der Waals surface area contributed by atoms with Crippen LogP contribution in [0.1, 0.15) is 34.8 Å². The van der Waals surface area contributed by atoms with Gasteiger partial charge < -0.3 is 14.5 Å². The van der Waals surface area contributed by atoms with Crippen molar-refractivity contribution in [3.05, 3.63) is 23.3 Å². The van der Waals surface area contributed by atoms with Gasteiger partial charge in [-0.3, -0.25) is 9.59 Å². The van der Waals surface area contributed by atoms with Crippen molar-refractivity contribution >= 4 is 17.6 Å². The van der Waals surface area contributed by atoms with Gasteiger partial charge in [0.1, 0.15) is 0 Å². The second-order valence-corrected chi connectivity index (χ2v) is 7.19. The molecule has 2 aliphatic heterocycles. The van der Waals surface area contributed by atoms with Crippen LogP contribution in [-0.4, -0.2) is 80.6 Å². The van der Waals surface area contributed by atoms with Gasteiger partial charge in [-0.05, 0) is 32.8 Å². The number of carbonyl (C=O) groups is 2. The van der Waals surface area contributed by atoms with E-state index < -0.39 is 0 Å². The third-order valence-corrected chi connectivity index (χ3v) is 5.26. The number of ether oxygens (including phenoxy) is 1. The molecule has 2 amide bonds. The van der Waals surface area contributed by atoms with Gasteiger partial charge in [-0.2, -0.15) is 4.98 Å². The molecule has 0 aromatic carbocycles. The van der Waals surface area contributed by atoms with Gasteiger partial charge in [0.25, 0.3) is 11.7 Å². The molecule has 0 unspecified atom stereocenters. The first-order chi connectivity index (χ1) is 13.0. The average Bonchev–Trinajstić information content (AvgIpc) is 3.12. The van der Waals surface area contributed by atoms with E-state index in [0.29, 0.717) is 58.0 Å². The Labute approximate surface area is 157 Å². The van der Waals surface area contributed by atoms with Crippen LogP contribution in [0, 0.1) is 19.8 Å². The fraction of sp³-hybridized carbons (Fsp3) is 0.611. The van der Waals surface area contributed by atoms with Crippen LogP contribution in [0.2, 0.25) is 0 Å². The number of piperidine rings is 1. The highest BCUT2D eigenvalue weighted by molar-refractivity contribution is 5.91. The van der Waals surface area contributed by atoms with Crippen LogP contribution in [-0.2, 0) is 9.53 Å². The van der Waals surface area contributed by atoms with Gasteiger partial charge in [-0.25, -0.2) is 9.50 Å². The van der Waals surface area contributed by atoms with E-state index in [4.69, 9.17) is 4.74 Å². The highest BCUT2D eigenvalue weighted by Crippen LogP contribution is 2.21. The van der Waals surface area contributed by atoms with Gasteiger partial charge >= 0.3 is 0 Å². The Bertz CT molecular complexity index is 865. The van der Waals surface area contributed by atoms with Gasteiger partial charge in [0.15, 0.2) is 0 Å². The molecule has 2 saturated heterocycles. The fourth-order valence-electron chi connectivity index (χ4n) is 3.77. The lowest BCUT2D eigenvalue weighted by Crippen LogP contribution is -2.47. The van der Waals surface area contributed by atoms with Crippen LogP contribution in [0.15, 0.2) is 6.07 Å². The maximum absolute atomic E-state index is 12.8. The van der Waals surface area contributed by atoms with Crippen molar-refractivity contribution in [3.63, 3.8) is 0 Å². The summed E-state index contributed by atoms with van der Waals surface area (Å²) in [6.07, 6.45) is 1.34. The summed E-state index contributed by atoms with van der Waals surface area (Å²) in [4.78, 5) is 37.7. The number of hydrogen-bond acceptors (Lipinski definition) is 6. The van der Waals surface area contributed by atoms with Crippen molar-refractivity contribution < 1.29 is 14.3 Å². The molecule has 0 N–H and O–H groups in total. The molecule has 144 valence electrons. The van der Waals surface area contributed by atoms with E-state index in [1.54, 1.807) is 9.42 Å². The largest absolute Gasteiger partial charge is 0.378 e. The average molecular weight is 372 g/mol. The van der Waals surface area contributed by atoms with E-state index in [-0.39, 0.29) is 23.6 Å². The molecule has 2 fully saturated rings. The summed E-state index contributed by atoms with van der Waals surface area (Å²) in [5.74, 6) is 0.566. The number of rotatable bonds is 2. The number of likely N-dealkylation sites (tertiary alicyclic amines) is 1. The normalized spacial score (nSPS) is 18.9. The molecule has 0 bridgehead atoms. The summed E-state index contributed by atoms with van der Waals surface area (Å²) in [5.41, 5.74) is 1.73. The Kier molecular flexibility index (Phi) is 4.77. The standard InChI is InChI=1S/C18H24N6O3/c1-12-11-13(2)24-18(19-12)20-15(21-24)17(26)22-5-3-14(4-6-22)16(25)23-7-9-27-10-8-23/h11,14H,3-10H2,1-2H3. The zero-order valence-electron chi connectivity index (χ0n) is 15.7. The topological polar surface area (TPSA) is 92.9 Å². The first-order valence-electron chi connectivity index (χ1n) is 9.40. The van der Waals surface area contributed by atoms with Crippen molar-refractivity contribution in [2.24, 2.45) is 5.92 Å². The molecule has 0 saturated carbocycles. The van der Waals surface area contributed by atoms with Crippen molar-refractivity contribution in [1.29, 1.82) is 0 Å². The zero-order chi connectivity index (χ0) is 19.0. The van der Waals surface area contributed by atoms with Gasteiger partial charge in [0.2, 0.25) is 11.7 Å². The molecule has 0 spiro atoms. The molecular formula is C18H24N6O3. The van der Waals surface area contributed by atoms with Crippen LogP contribution >= 0.6 is 0 Å². The van der Waals surface area contributed by atoms with Crippen LogP contribution in [0.3, 0.4) is 0 Å². The summed E-state index contributed by atoms with van der Waals surface area (Å²) in [6.45, 7) is 7.42. The van der Waals surface area contributed by atoms with Crippen LogP contribution < -0.4 is 0 Å². The minimum atomic E-state index is -0.199. The number of fused-ring (bicyclic) bond motifs is 1. The molecule has 0 radical (unpaired) electrons. The summed E-state index contributed by atoms with van der Waals surface area (Å²) in [5, 5.41) is 4.32. The van der Waals surface area contributed by atoms with Gasteiger partial charge in [-0.1, -0.05) is 0 Å². The Hall–Kier alpha value is -2.55. The van der Waals surface area contributed by atoms with Gasteiger partial charge in [0, 0.05) is 43.5 Å². The maximum Gasteiger partial charge on any atom is 0.293 e. The second kappa shape index (κ2) is 7.22. The van der Waals surface area contributed by atoms with E-state index in [0.717, 1.165) is 11.4 Å². The van der Waals surface area contributed by atoms with Crippen LogP contribution in [0.5, 0.6) is 0 Å². The lowest BCUT2D eigenvalue weighted by molar-refractivity contribution is -0.141. The van der Waals surface area contributed by atoms with E-state index in [1.807, 2.05) is 24.8 Å². The number of nitrogens with zero attached hydrogens (tertiary/aromatic N) is 6. The molecule has 2 aromatic rings. The first kappa shape index (κ1) is 17.8. The Balaban J connectivity index is 1.41. The predicted molar refractivity (Wildman–Crippen MR) is 96.3 cm³/mol. The van der Waals surface area contributed by atoms with Crippen molar-refractivity contribution in [2.75, 3.05) is 39.4 Å². The van der Waals surface area contributed by atoms with Crippen molar-refractivity contribution in [2.45, 2.75) is 26.7 Å². The predicted octanol–water partition coefficient (Wildman–Crippen LogP) is 0.452.